The van der Waals surface area contributed by atoms with E-state index in [2.05, 4.69) is 16.9 Å². The van der Waals surface area contributed by atoms with Gasteiger partial charge in [0.25, 0.3) is 0 Å². The second-order valence-corrected chi connectivity index (χ2v) is 7.29. The summed E-state index contributed by atoms with van der Waals surface area (Å²) in [6.07, 6.45) is 6.52. The zero-order valence-corrected chi connectivity index (χ0v) is 13.8. The van der Waals surface area contributed by atoms with Crippen LogP contribution in [0.2, 0.25) is 0 Å². The summed E-state index contributed by atoms with van der Waals surface area (Å²) in [6, 6.07) is 5.61. The lowest BCUT2D eigenvalue weighted by Gasteiger charge is -2.06. The van der Waals surface area contributed by atoms with Gasteiger partial charge in [0.15, 0.2) is 0 Å². The van der Waals surface area contributed by atoms with E-state index >= 15 is 0 Å². The lowest BCUT2D eigenvalue weighted by molar-refractivity contribution is 0.415. The minimum atomic E-state index is 0.0917. The number of fused-ring (bicyclic) bond motifs is 1. The molecular weight excluding hydrogens is 288 g/mol. The molecule has 0 amide bonds. The fourth-order valence-electron chi connectivity index (χ4n) is 3.76. The molecule has 4 heteroatoms. The van der Waals surface area contributed by atoms with Crippen LogP contribution in [-0.2, 0) is 0 Å². The maximum absolute atomic E-state index is 10.2. The van der Waals surface area contributed by atoms with Gasteiger partial charge in [0, 0.05) is 12.0 Å². The van der Waals surface area contributed by atoms with Crippen LogP contribution >= 0.6 is 0 Å². The molecule has 1 aromatic carbocycles. The van der Waals surface area contributed by atoms with Gasteiger partial charge in [0.2, 0.25) is 5.88 Å². The zero-order valence-electron chi connectivity index (χ0n) is 13.8. The Balaban J connectivity index is 1.43. The molecule has 0 bridgehead atoms. The van der Waals surface area contributed by atoms with Gasteiger partial charge in [-0.05, 0) is 49.1 Å². The van der Waals surface area contributed by atoms with E-state index in [1.807, 2.05) is 18.2 Å². The number of aromatic hydroxyl groups is 1. The molecule has 1 aromatic heterocycles. The van der Waals surface area contributed by atoms with E-state index in [4.69, 9.17) is 4.74 Å². The molecule has 0 saturated heterocycles. The minimum Gasteiger partial charge on any atom is -0.497 e. The van der Waals surface area contributed by atoms with Crippen LogP contribution < -0.4 is 4.74 Å². The van der Waals surface area contributed by atoms with Crippen LogP contribution in [0.15, 0.2) is 18.2 Å². The van der Waals surface area contributed by atoms with Crippen LogP contribution in [-0.4, -0.2) is 22.2 Å². The van der Waals surface area contributed by atoms with Gasteiger partial charge >= 0.3 is 0 Å². The molecule has 3 unspecified atom stereocenters. The van der Waals surface area contributed by atoms with Gasteiger partial charge in [0.1, 0.15) is 11.4 Å². The summed E-state index contributed by atoms with van der Waals surface area (Å²) in [6.45, 7) is 2.35. The third kappa shape index (κ3) is 2.99. The first kappa shape index (κ1) is 14.7. The van der Waals surface area contributed by atoms with Gasteiger partial charge < -0.3 is 9.84 Å². The van der Waals surface area contributed by atoms with Crippen molar-refractivity contribution in [1.29, 1.82) is 0 Å². The molecule has 2 saturated carbocycles. The minimum absolute atomic E-state index is 0.0917. The van der Waals surface area contributed by atoms with Crippen LogP contribution in [0.4, 0.5) is 0 Å². The molecule has 0 aliphatic heterocycles. The predicted octanol–water partition coefficient (Wildman–Crippen LogP) is 4.27. The molecule has 1 N–H and O–H groups in total. The lowest BCUT2D eigenvalue weighted by Crippen LogP contribution is -1.95. The van der Waals surface area contributed by atoms with Gasteiger partial charge in [-0.15, -0.1) is 0 Å². The molecule has 4 nitrogen and oxygen atoms in total. The maximum atomic E-state index is 10.2. The Morgan fingerprint density at radius 1 is 1.13 bits per heavy atom. The second kappa shape index (κ2) is 5.66. The third-order valence-corrected chi connectivity index (χ3v) is 5.58. The number of methoxy groups -OCH3 is 1. The molecule has 0 spiro atoms. The van der Waals surface area contributed by atoms with Crippen molar-refractivity contribution in [3.05, 3.63) is 23.9 Å². The molecule has 23 heavy (non-hydrogen) atoms. The van der Waals surface area contributed by atoms with Crippen molar-refractivity contribution in [1.82, 2.24) is 9.97 Å². The van der Waals surface area contributed by atoms with E-state index in [0.717, 1.165) is 35.2 Å². The Bertz CT molecular complexity index is 731. The Kier molecular flexibility index (Phi) is 3.63. The Morgan fingerprint density at radius 2 is 1.91 bits per heavy atom. The highest BCUT2D eigenvalue weighted by atomic mass is 16.5. The summed E-state index contributed by atoms with van der Waals surface area (Å²) < 4.78 is 5.20. The molecule has 122 valence electrons. The number of aromatic nitrogens is 2. The van der Waals surface area contributed by atoms with Crippen molar-refractivity contribution in [3.63, 3.8) is 0 Å². The Labute approximate surface area is 136 Å². The first-order chi connectivity index (χ1) is 11.2. The van der Waals surface area contributed by atoms with Gasteiger partial charge in [-0.2, -0.15) is 0 Å². The predicted molar refractivity (Wildman–Crippen MR) is 89.7 cm³/mol. The monoisotopic (exact) mass is 312 g/mol. The highest BCUT2D eigenvalue weighted by molar-refractivity contribution is 5.76. The van der Waals surface area contributed by atoms with E-state index < -0.39 is 0 Å². The molecule has 0 radical (unpaired) electrons. The second-order valence-electron chi connectivity index (χ2n) is 7.29. The summed E-state index contributed by atoms with van der Waals surface area (Å²) >= 11 is 0. The van der Waals surface area contributed by atoms with Crippen molar-refractivity contribution in [2.75, 3.05) is 7.11 Å². The van der Waals surface area contributed by atoms with Crippen molar-refractivity contribution in [2.24, 2.45) is 17.8 Å². The highest BCUT2D eigenvalue weighted by Gasteiger charge is 2.41. The number of hydrogen-bond acceptors (Lipinski definition) is 4. The zero-order chi connectivity index (χ0) is 16.0. The topological polar surface area (TPSA) is 55.2 Å². The fourth-order valence-corrected chi connectivity index (χ4v) is 3.76. The SMILES string of the molecule is COc1ccc2nc(C3CC3CCC[C@@H]3CC3C)c(O)nc2c1. The van der Waals surface area contributed by atoms with Gasteiger partial charge in [-0.25, -0.2) is 9.97 Å². The van der Waals surface area contributed by atoms with Crippen molar-refractivity contribution >= 4 is 11.0 Å². The van der Waals surface area contributed by atoms with Crippen molar-refractivity contribution < 1.29 is 9.84 Å². The van der Waals surface area contributed by atoms with E-state index in [0.29, 0.717) is 17.4 Å². The van der Waals surface area contributed by atoms with E-state index in [1.165, 1.54) is 25.7 Å². The van der Waals surface area contributed by atoms with Crippen LogP contribution in [0.5, 0.6) is 11.6 Å². The van der Waals surface area contributed by atoms with Gasteiger partial charge in [-0.1, -0.05) is 19.8 Å². The summed E-state index contributed by atoms with van der Waals surface area (Å²) in [5, 5.41) is 10.2. The molecule has 2 aromatic rings. The third-order valence-electron chi connectivity index (χ3n) is 5.58. The number of ether oxygens (including phenoxy) is 1. The van der Waals surface area contributed by atoms with E-state index in [9.17, 15) is 5.11 Å². The number of rotatable bonds is 6. The van der Waals surface area contributed by atoms with Crippen molar-refractivity contribution in [2.45, 2.75) is 44.9 Å². The van der Waals surface area contributed by atoms with E-state index in [-0.39, 0.29) is 5.88 Å². The van der Waals surface area contributed by atoms with Crippen molar-refractivity contribution in [3.8, 4) is 11.6 Å². The highest BCUT2D eigenvalue weighted by Crippen LogP contribution is 2.52. The van der Waals surface area contributed by atoms with Crippen LogP contribution in [0.1, 0.15) is 50.6 Å². The summed E-state index contributed by atoms with van der Waals surface area (Å²) in [5.41, 5.74) is 2.30. The fraction of sp³-hybridized carbons (Fsp3) is 0.579. The average molecular weight is 312 g/mol. The molecular formula is C19H24N2O2. The average Bonchev–Trinajstić information content (AvgIpc) is 3.45. The standard InChI is InChI=1S/C19H24N2O2/c1-11-8-12(11)4-3-5-13-9-15(13)18-19(22)21-17-10-14(23-2)6-7-16(17)20-18/h6-7,10-13,15H,3-5,8-9H2,1-2H3,(H,21,22)/t11?,12-,13?,15?/m1/s1. The lowest BCUT2D eigenvalue weighted by atomic mass is 10.1. The normalized spacial score (nSPS) is 28.8. The largest absolute Gasteiger partial charge is 0.497 e. The molecule has 4 atom stereocenters. The van der Waals surface area contributed by atoms with E-state index in [1.54, 1.807) is 7.11 Å². The first-order valence-electron chi connectivity index (χ1n) is 8.70. The first-order valence-corrected chi connectivity index (χ1v) is 8.70. The maximum Gasteiger partial charge on any atom is 0.234 e. The van der Waals surface area contributed by atoms with Crippen LogP contribution in [0.25, 0.3) is 11.0 Å². The van der Waals surface area contributed by atoms with Gasteiger partial charge in [0.05, 0.1) is 18.1 Å². The molecule has 2 fully saturated rings. The smallest absolute Gasteiger partial charge is 0.234 e. The Morgan fingerprint density at radius 3 is 2.65 bits per heavy atom. The number of benzene rings is 1. The van der Waals surface area contributed by atoms with Crippen LogP contribution in [0, 0.1) is 17.8 Å². The summed E-state index contributed by atoms with van der Waals surface area (Å²) in [4.78, 5) is 8.98. The number of nitrogens with zero attached hydrogens (tertiary/aromatic N) is 2. The number of hydrogen-bond donors (Lipinski definition) is 1. The molecule has 2 aliphatic rings. The quantitative estimate of drug-likeness (QED) is 0.865. The molecule has 4 rings (SSSR count). The van der Waals surface area contributed by atoms with Gasteiger partial charge in [-0.3, -0.25) is 0 Å². The molecule has 2 aliphatic carbocycles. The summed E-state index contributed by atoms with van der Waals surface area (Å²) in [5.74, 6) is 3.84. The van der Waals surface area contributed by atoms with Crippen LogP contribution in [0.3, 0.4) is 0 Å². The Hall–Kier alpha value is -1.84. The summed E-state index contributed by atoms with van der Waals surface area (Å²) in [7, 11) is 1.63. The molecule has 1 heterocycles.